The Morgan fingerprint density at radius 3 is 2.41 bits per heavy atom. The van der Waals surface area contributed by atoms with Crippen molar-refractivity contribution in [3.63, 3.8) is 0 Å². The lowest BCUT2D eigenvalue weighted by atomic mass is 9.81. The highest BCUT2D eigenvalue weighted by atomic mass is 32.2. The van der Waals surface area contributed by atoms with Crippen molar-refractivity contribution in [3.05, 3.63) is 89.2 Å². The molecule has 0 bridgehead atoms. The fourth-order valence-electron chi connectivity index (χ4n) is 4.87. The Morgan fingerprint density at radius 1 is 1.00 bits per heavy atom. The van der Waals surface area contributed by atoms with Crippen molar-refractivity contribution in [1.29, 1.82) is 0 Å². The molecule has 0 saturated heterocycles. The zero-order chi connectivity index (χ0) is 24.9. The normalized spacial score (nSPS) is 19.8. The number of hydrogen-bond donors (Lipinski definition) is 2. The zero-order valence-electron chi connectivity index (χ0n) is 20.2. The Labute approximate surface area is 202 Å². The summed E-state index contributed by atoms with van der Waals surface area (Å²) in [5, 5.41) is 3.34. The van der Waals surface area contributed by atoms with Crippen molar-refractivity contribution in [2.45, 2.75) is 50.0 Å². The second-order valence-corrected chi connectivity index (χ2v) is 11.2. The second-order valence-electron chi connectivity index (χ2n) is 9.86. The van der Waals surface area contributed by atoms with E-state index in [4.69, 9.17) is 5.73 Å². The summed E-state index contributed by atoms with van der Waals surface area (Å²) in [6, 6.07) is 10.9. The summed E-state index contributed by atoms with van der Waals surface area (Å²) in [5.74, 6) is 0. The molecule has 2 aromatic rings. The van der Waals surface area contributed by atoms with Crippen LogP contribution in [-0.4, -0.2) is 30.3 Å². The van der Waals surface area contributed by atoms with Crippen LogP contribution in [0.5, 0.6) is 0 Å². The van der Waals surface area contributed by atoms with Crippen molar-refractivity contribution in [1.82, 2.24) is 0 Å². The Balaban J connectivity index is 1.55. The highest BCUT2D eigenvalue weighted by Crippen LogP contribution is 2.44. The van der Waals surface area contributed by atoms with Gasteiger partial charge >= 0.3 is 0 Å². The fraction of sp³-hybridized carbons (Fsp3) is 0.296. The maximum atomic E-state index is 11.4. The lowest BCUT2D eigenvalue weighted by Gasteiger charge is -2.20. The van der Waals surface area contributed by atoms with Crippen LogP contribution in [0.1, 0.15) is 44.4 Å². The predicted octanol–water partition coefficient (Wildman–Crippen LogP) is 4.46. The number of anilines is 1. The zero-order valence-corrected chi connectivity index (χ0v) is 21.0. The highest BCUT2D eigenvalue weighted by molar-refractivity contribution is 7.85. The van der Waals surface area contributed by atoms with Crippen molar-refractivity contribution < 1.29 is 17.5 Å². The second kappa shape index (κ2) is 8.34. The summed E-state index contributed by atoms with van der Waals surface area (Å²) in [6.45, 7) is 8.97. The lowest BCUT2D eigenvalue weighted by molar-refractivity contribution is -0.401. The molecule has 0 unspecified atom stereocenters. The average Bonchev–Trinajstić information content (AvgIpc) is 3.13. The number of nitrogens with zero attached hydrogens (tertiary/aromatic N) is 1. The third-order valence-corrected chi connectivity index (χ3v) is 7.80. The Hall–Kier alpha value is -3.00. The van der Waals surface area contributed by atoms with E-state index in [1.54, 1.807) is 6.07 Å². The summed E-state index contributed by atoms with van der Waals surface area (Å²) in [6.07, 6.45) is 10.1. The molecule has 0 spiro atoms. The van der Waals surface area contributed by atoms with Crippen molar-refractivity contribution in [3.8, 4) is 0 Å². The van der Waals surface area contributed by atoms with Crippen molar-refractivity contribution >= 4 is 27.2 Å². The smallest absolute Gasteiger partial charge is 0.209 e. The molecule has 0 aliphatic carbocycles. The van der Waals surface area contributed by atoms with Gasteiger partial charge in [-0.05, 0) is 55.3 Å². The number of hydrogen-bond acceptors (Lipinski definition) is 5. The topological polar surface area (TPSA) is 98.3 Å². The van der Waals surface area contributed by atoms with Crippen LogP contribution in [0.3, 0.4) is 0 Å². The average molecular weight is 478 g/mol. The van der Waals surface area contributed by atoms with Crippen molar-refractivity contribution in [2.75, 3.05) is 12.4 Å². The van der Waals surface area contributed by atoms with Crippen molar-refractivity contribution in [2.24, 2.45) is 5.73 Å². The van der Waals surface area contributed by atoms with Gasteiger partial charge in [0.05, 0.1) is 10.3 Å². The number of benzene rings is 2. The van der Waals surface area contributed by atoms with Crippen LogP contribution in [0, 0.1) is 0 Å². The van der Waals surface area contributed by atoms with Gasteiger partial charge in [0.15, 0.2) is 5.71 Å². The maximum Gasteiger partial charge on any atom is 0.209 e. The van der Waals surface area contributed by atoms with Gasteiger partial charge in [0.2, 0.25) is 5.69 Å². The molecule has 6 nitrogen and oxygen atoms in total. The van der Waals surface area contributed by atoms with Gasteiger partial charge in [-0.15, -0.1) is 0 Å². The number of rotatable bonds is 5. The van der Waals surface area contributed by atoms with E-state index in [1.165, 1.54) is 29.1 Å². The minimum Gasteiger partial charge on any atom is -0.744 e. The van der Waals surface area contributed by atoms with Crippen LogP contribution in [0.2, 0.25) is 0 Å². The molecule has 0 saturated carbocycles. The van der Waals surface area contributed by atoms with Gasteiger partial charge in [0.1, 0.15) is 17.2 Å². The van der Waals surface area contributed by atoms with Crippen LogP contribution in [-0.2, 0) is 27.5 Å². The van der Waals surface area contributed by atoms with Crippen LogP contribution < -0.4 is 11.1 Å². The van der Waals surface area contributed by atoms with E-state index in [9.17, 15) is 13.0 Å². The molecular weight excluding hydrogens is 446 g/mol. The van der Waals surface area contributed by atoms with E-state index < -0.39 is 15.5 Å². The number of fused-ring (bicyclic) bond motifs is 2. The molecular formula is C27H31N3O3S. The molecule has 2 heterocycles. The maximum absolute atomic E-state index is 11.4. The molecule has 0 atom stereocenters. The standard InChI is InChI=1S/C27H31N3O3S/c1-26(2)20-16-19(34(31,32)33)12-13-22(20)29-24(26)9-7-6-8-10-25-27(3,4)21-15-18(17-28)11-14-23(21)30(25)5/h6-16H,17,28H2,1-5H3,(H,31,32,33). The van der Waals surface area contributed by atoms with E-state index >= 15 is 0 Å². The summed E-state index contributed by atoms with van der Waals surface area (Å²) in [5.41, 5.74) is 12.6. The van der Waals surface area contributed by atoms with Crippen LogP contribution in [0.4, 0.5) is 11.4 Å². The number of nitrogens with one attached hydrogen (secondary N) is 1. The van der Waals surface area contributed by atoms with Gasteiger partial charge in [-0.3, -0.25) is 0 Å². The molecule has 0 aromatic heterocycles. The third kappa shape index (κ3) is 4.04. The first-order valence-electron chi connectivity index (χ1n) is 11.2. The largest absolute Gasteiger partial charge is 0.744 e. The predicted molar refractivity (Wildman–Crippen MR) is 136 cm³/mol. The number of allylic oxidation sites excluding steroid dienone is 6. The van der Waals surface area contributed by atoms with E-state index in [2.05, 4.69) is 55.1 Å². The molecule has 4 rings (SSSR count). The van der Waals surface area contributed by atoms with Gasteiger partial charge in [-0.2, -0.15) is 4.58 Å². The summed E-state index contributed by atoms with van der Waals surface area (Å²) < 4.78 is 36.5. The van der Waals surface area contributed by atoms with Gasteiger partial charge in [-0.1, -0.05) is 38.1 Å². The van der Waals surface area contributed by atoms with E-state index in [0.717, 1.165) is 22.5 Å². The highest BCUT2D eigenvalue weighted by Gasteiger charge is 2.42. The van der Waals surface area contributed by atoms with Gasteiger partial charge in [0, 0.05) is 41.1 Å². The molecule has 0 amide bonds. The van der Waals surface area contributed by atoms with Crippen LogP contribution in [0.15, 0.2) is 77.4 Å². The Bertz CT molecular complexity index is 1390. The third-order valence-electron chi connectivity index (χ3n) is 6.97. The molecule has 178 valence electrons. The molecule has 0 radical (unpaired) electrons. The minimum absolute atomic E-state index is 0.131. The molecule has 2 aromatic carbocycles. The lowest BCUT2D eigenvalue weighted by Crippen LogP contribution is -2.26. The van der Waals surface area contributed by atoms with E-state index in [1.807, 2.05) is 38.2 Å². The number of nitrogens with two attached hydrogens (primary N) is 1. The monoisotopic (exact) mass is 477 g/mol. The Morgan fingerprint density at radius 2 is 1.74 bits per heavy atom. The summed E-state index contributed by atoms with van der Waals surface area (Å²) in [7, 11) is -2.41. The molecule has 7 heteroatoms. The molecule has 0 fully saturated rings. The SMILES string of the molecule is C[N+]1=C(/C=C/C=C/C=C2/Nc3ccc(S(=O)(=O)[O-])cc3C2(C)C)C(C)(C)c2cc(CN)ccc21. The van der Waals surface area contributed by atoms with Crippen LogP contribution >= 0.6 is 0 Å². The Kier molecular flexibility index (Phi) is 5.92. The van der Waals surface area contributed by atoms with Gasteiger partial charge < -0.3 is 15.6 Å². The summed E-state index contributed by atoms with van der Waals surface area (Å²) in [4.78, 5) is -0.208. The first-order valence-corrected chi connectivity index (χ1v) is 12.7. The van der Waals surface area contributed by atoms with Gasteiger partial charge in [-0.25, -0.2) is 8.42 Å². The first-order chi connectivity index (χ1) is 15.9. The molecule has 3 N–H and O–H groups in total. The van der Waals surface area contributed by atoms with E-state index in [-0.39, 0.29) is 10.3 Å². The van der Waals surface area contributed by atoms with E-state index in [0.29, 0.717) is 6.54 Å². The molecule has 2 aliphatic rings. The molecule has 2 aliphatic heterocycles. The van der Waals surface area contributed by atoms with Gasteiger partial charge in [0.25, 0.3) is 0 Å². The fourth-order valence-corrected chi connectivity index (χ4v) is 5.37. The first kappa shape index (κ1) is 24.1. The minimum atomic E-state index is -4.50. The quantitative estimate of drug-likeness (QED) is 0.377. The summed E-state index contributed by atoms with van der Waals surface area (Å²) >= 11 is 0. The van der Waals surface area contributed by atoms with Crippen LogP contribution in [0.25, 0.3) is 0 Å². The molecule has 34 heavy (non-hydrogen) atoms.